The topological polar surface area (TPSA) is 13.1 Å². The monoisotopic (exact) mass is 661 g/mol. The third-order valence-corrected chi connectivity index (χ3v) is 9.80. The van der Waals surface area contributed by atoms with E-state index in [2.05, 4.69) is 6.07 Å². The molecule has 11 aromatic rings. The van der Waals surface area contributed by atoms with Gasteiger partial charge in [-0.15, -0.1) is 0 Å². The van der Waals surface area contributed by atoms with Crippen LogP contribution in [0.2, 0.25) is 0 Å². The fourth-order valence-electron chi connectivity index (χ4n) is 7.64. The van der Waals surface area contributed by atoms with Gasteiger partial charge in [-0.25, -0.2) is 0 Å². The van der Waals surface area contributed by atoms with Crippen LogP contribution in [0.1, 0.15) is 20.6 Å². The third-order valence-electron chi connectivity index (χ3n) is 9.80. The Balaban J connectivity index is 1.31. The molecule has 0 saturated carbocycles. The van der Waals surface area contributed by atoms with Crippen LogP contribution in [0.3, 0.4) is 0 Å². The zero-order valence-electron chi connectivity index (χ0n) is 41.6. The van der Waals surface area contributed by atoms with Crippen molar-refractivity contribution in [3.05, 3.63) is 182 Å². The molecule has 0 atom stereocenters. The van der Waals surface area contributed by atoms with Gasteiger partial charge in [-0.3, -0.25) is 0 Å². The summed E-state index contributed by atoms with van der Waals surface area (Å²) in [5.74, 6) is 0. The number of hydrogen-bond donors (Lipinski definition) is 0. The Morgan fingerprint density at radius 1 is 0.353 bits per heavy atom. The van der Waals surface area contributed by atoms with E-state index in [0.29, 0.717) is 21.9 Å². The van der Waals surface area contributed by atoms with Crippen molar-refractivity contribution in [3.63, 3.8) is 0 Å². The van der Waals surface area contributed by atoms with Gasteiger partial charge in [0, 0.05) is 10.8 Å². The first-order chi connectivity index (χ1) is 31.5. The highest BCUT2D eigenvalue weighted by molar-refractivity contribution is 6.26. The minimum absolute atomic E-state index is 0.0334. The van der Waals surface area contributed by atoms with Gasteiger partial charge in [0.05, 0.1) is 20.6 Å². The summed E-state index contributed by atoms with van der Waals surface area (Å²) in [6.07, 6.45) is 0. The average Bonchev–Trinajstić information content (AvgIpc) is 3.71. The number of benzene rings is 10. The van der Waals surface area contributed by atoms with Crippen LogP contribution in [0.5, 0.6) is 0 Å². The van der Waals surface area contributed by atoms with Crippen LogP contribution in [-0.2, 0) is 0 Å². The van der Waals surface area contributed by atoms with Gasteiger partial charge in [0.25, 0.3) is 0 Å². The first kappa shape index (κ1) is 17.3. The predicted octanol–water partition coefficient (Wildman–Crippen LogP) is 14.4. The standard InChI is InChI=1S/C50H30O/c1-3-15-34-31(12-1)14-9-24-39(34)48-41-17-5-7-19-43(41)49(44-20-8-6-18-42(44)48)40-25-11-22-37-35(21-10-23-38(37)40)33-26-28-45-47(30-33)51-46-29-27-32-13-2-4-16-36(32)50(45)46/h1-30H/i1D,3D,5D,6D,7D,8D,9D,12D,14D,15D,17D,18D,19D,20D,24D. The van der Waals surface area contributed by atoms with Crippen LogP contribution in [-0.4, -0.2) is 0 Å². The van der Waals surface area contributed by atoms with Gasteiger partial charge in [-0.1, -0.05) is 163 Å². The molecule has 11 rings (SSSR count). The number of fused-ring (bicyclic) bond motifs is 9. The van der Waals surface area contributed by atoms with E-state index in [4.69, 9.17) is 18.1 Å². The predicted molar refractivity (Wildman–Crippen MR) is 218 cm³/mol. The zero-order chi connectivity index (χ0) is 46.5. The third kappa shape index (κ3) is 4.16. The van der Waals surface area contributed by atoms with E-state index in [1.807, 2.05) is 72.8 Å². The molecule has 0 amide bonds. The van der Waals surface area contributed by atoms with Crippen molar-refractivity contribution in [1.29, 1.82) is 0 Å². The number of rotatable bonds is 3. The SMILES string of the molecule is [2H]c1c([2H])c([2H])c2c(-c3c4c([2H])c([2H])c([2H])c([2H])c4c(-c4cccc5c(-c6ccc7c(c6)oc6ccc8ccccc8c67)cccc45)c4c([2H])c([2H])c([2H])c([2H])c34)c([2H])c([2H])c([2H])c2c1[2H]. The summed E-state index contributed by atoms with van der Waals surface area (Å²) in [5.41, 5.74) is 2.55. The molecular weight excluding hydrogens is 617 g/mol. The molecular formula is C50H30O. The van der Waals surface area contributed by atoms with Crippen molar-refractivity contribution in [2.45, 2.75) is 0 Å². The molecule has 1 heterocycles. The highest BCUT2D eigenvalue weighted by Crippen LogP contribution is 2.47. The zero-order valence-corrected chi connectivity index (χ0v) is 26.6. The largest absolute Gasteiger partial charge is 0.456 e. The lowest BCUT2D eigenvalue weighted by atomic mass is 9.83. The van der Waals surface area contributed by atoms with E-state index in [1.165, 1.54) is 0 Å². The molecule has 51 heavy (non-hydrogen) atoms. The maximum absolute atomic E-state index is 9.53. The second-order valence-electron chi connectivity index (χ2n) is 12.4. The highest BCUT2D eigenvalue weighted by atomic mass is 16.3. The van der Waals surface area contributed by atoms with Gasteiger partial charge in [-0.2, -0.15) is 0 Å². The molecule has 0 N–H and O–H groups in total. The van der Waals surface area contributed by atoms with Crippen LogP contribution in [0.25, 0.3) is 109 Å². The lowest BCUT2D eigenvalue weighted by molar-refractivity contribution is 0.669. The van der Waals surface area contributed by atoms with Crippen molar-refractivity contribution in [2.75, 3.05) is 0 Å². The first-order valence-corrected chi connectivity index (χ1v) is 16.4. The second-order valence-corrected chi connectivity index (χ2v) is 12.4. The van der Waals surface area contributed by atoms with Crippen molar-refractivity contribution in [2.24, 2.45) is 0 Å². The summed E-state index contributed by atoms with van der Waals surface area (Å²) >= 11 is 0. The molecule has 1 heteroatoms. The summed E-state index contributed by atoms with van der Waals surface area (Å²) in [5, 5.41) is 3.51. The van der Waals surface area contributed by atoms with E-state index in [0.717, 1.165) is 38.3 Å². The van der Waals surface area contributed by atoms with Crippen LogP contribution in [0, 0.1) is 0 Å². The Labute approximate surface area is 315 Å². The van der Waals surface area contributed by atoms with Crippen molar-refractivity contribution >= 4 is 75.8 Å². The van der Waals surface area contributed by atoms with Gasteiger partial charge in [0.1, 0.15) is 11.2 Å². The van der Waals surface area contributed by atoms with E-state index in [9.17, 15) is 6.85 Å². The van der Waals surface area contributed by atoms with Crippen LogP contribution in [0.15, 0.2) is 186 Å². The van der Waals surface area contributed by atoms with Crippen molar-refractivity contribution in [3.8, 4) is 33.4 Å². The quantitative estimate of drug-likeness (QED) is 0.172. The Kier molecular flexibility index (Phi) is 3.70. The Bertz CT molecular complexity index is 3970. The van der Waals surface area contributed by atoms with E-state index >= 15 is 0 Å². The summed E-state index contributed by atoms with van der Waals surface area (Å²) in [7, 11) is 0. The molecule has 0 radical (unpaired) electrons. The van der Waals surface area contributed by atoms with E-state index < -0.39 is 107 Å². The summed E-state index contributed by atoms with van der Waals surface area (Å²) in [4.78, 5) is 0. The normalized spacial score (nSPS) is 16.0. The molecule has 10 aromatic carbocycles. The molecule has 236 valence electrons. The van der Waals surface area contributed by atoms with Gasteiger partial charge in [0.2, 0.25) is 0 Å². The molecule has 0 saturated heterocycles. The minimum atomic E-state index is -0.759. The fraction of sp³-hybridized carbons (Fsp3) is 0. The van der Waals surface area contributed by atoms with Gasteiger partial charge in [0.15, 0.2) is 0 Å². The first-order valence-electron chi connectivity index (χ1n) is 23.9. The van der Waals surface area contributed by atoms with Crippen LogP contribution in [0.4, 0.5) is 0 Å². The molecule has 0 bridgehead atoms. The van der Waals surface area contributed by atoms with Gasteiger partial charge in [-0.05, 0) is 105 Å². The molecule has 0 aliphatic rings. The average molecular weight is 662 g/mol. The lowest BCUT2D eigenvalue weighted by Crippen LogP contribution is -1.92. The summed E-state index contributed by atoms with van der Waals surface area (Å²) < 4.78 is 142. The fourth-order valence-corrected chi connectivity index (χ4v) is 7.64. The highest BCUT2D eigenvalue weighted by Gasteiger charge is 2.20. The molecule has 1 aromatic heterocycles. The maximum atomic E-state index is 9.53. The van der Waals surface area contributed by atoms with Gasteiger partial charge >= 0.3 is 0 Å². The molecule has 0 aliphatic heterocycles. The number of hydrogen-bond acceptors (Lipinski definition) is 1. The summed E-state index contributed by atoms with van der Waals surface area (Å²) in [6, 6.07) is 18.7. The van der Waals surface area contributed by atoms with Crippen LogP contribution < -0.4 is 0 Å². The Hall–Kier alpha value is -6.70. The maximum Gasteiger partial charge on any atom is 0.136 e. The van der Waals surface area contributed by atoms with Crippen LogP contribution >= 0.6 is 0 Å². The number of furan rings is 1. The second kappa shape index (κ2) is 10.9. The lowest BCUT2D eigenvalue weighted by Gasteiger charge is -2.20. The molecule has 0 aliphatic carbocycles. The Morgan fingerprint density at radius 2 is 0.961 bits per heavy atom. The van der Waals surface area contributed by atoms with Gasteiger partial charge < -0.3 is 4.42 Å². The van der Waals surface area contributed by atoms with E-state index in [-0.39, 0.29) is 32.7 Å². The van der Waals surface area contributed by atoms with Crippen molar-refractivity contribution < 1.29 is 25.0 Å². The molecule has 1 nitrogen and oxygen atoms in total. The van der Waals surface area contributed by atoms with E-state index in [1.54, 1.807) is 12.1 Å². The molecule has 0 spiro atoms. The van der Waals surface area contributed by atoms with Crippen molar-refractivity contribution in [1.82, 2.24) is 0 Å². The molecule has 0 fully saturated rings. The molecule has 0 unspecified atom stereocenters. The Morgan fingerprint density at radius 3 is 1.73 bits per heavy atom. The smallest absolute Gasteiger partial charge is 0.136 e. The minimum Gasteiger partial charge on any atom is -0.456 e. The summed E-state index contributed by atoms with van der Waals surface area (Å²) in [6.45, 7) is 0.